The van der Waals surface area contributed by atoms with Crippen LogP contribution in [0.3, 0.4) is 0 Å². The van der Waals surface area contributed by atoms with Crippen LogP contribution in [0.1, 0.15) is 25.7 Å². The molecule has 4 rings (SSSR count). The van der Waals surface area contributed by atoms with Gasteiger partial charge < -0.3 is 19.4 Å². The summed E-state index contributed by atoms with van der Waals surface area (Å²) in [5, 5.41) is 7.94. The van der Waals surface area contributed by atoms with Crippen molar-refractivity contribution in [1.82, 2.24) is 24.8 Å². The summed E-state index contributed by atoms with van der Waals surface area (Å²) in [6.45, 7) is 3.22. The van der Waals surface area contributed by atoms with E-state index in [9.17, 15) is 9.59 Å². The molecule has 0 radical (unpaired) electrons. The molecule has 0 unspecified atom stereocenters. The average Bonchev–Trinajstić information content (AvgIpc) is 3.33. The summed E-state index contributed by atoms with van der Waals surface area (Å²) in [4.78, 5) is 43.9. The lowest BCUT2D eigenvalue weighted by Gasteiger charge is -2.37. The van der Waals surface area contributed by atoms with Crippen LogP contribution < -0.4 is 15.5 Å². The van der Waals surface area contributed by atoms with Crippen molar-refractivity contribution < 1.29 is 14.3 Å². The number of anilines is 3. The fourth-order valence-electron chi connectivity index (χ4n) is 4.04. The molecule has 0 spiro atoms. The normalized spacial score (nSPS) is 19.7. The first-order valence-corrected chi connectivity index (χ1v) is 12.0. The molecule has 3 amide bonds. The molecule has 2 fully saturated rings. The molecular formula is C21H30N8O3S. The molecule has 178 valence electrons. The number of hydrogen-bond acceptors (Lipinski definition) is 9. The summed E-state index contributed by atoms with van der Waals surface area (Å²) >= 11 is 1.38. The first-order valence-electron chi connectivity index (χ1n) is 11.2. The van der Waals surface area contributed by atoms with Crippen LogP contribution in [0.25, 0.3) is 0 Å². The first kappa shape index (κ1) is 23.2. The summed E-state index contributed by atoms with van der Waals surface area (Å²) in [6.07, 6.45) is 6.16. The molecule has 0 bridgehead atoms. The van der Waals surface area contributed by atoms with Gasteiger partial charge in [-0.1, -0.05) is 0 Å². The highest BCUT2D eigenvalue weighted by Crippen LogP contribution is 2.21. The zero-order valence-corrected chi connectivity index (χ0v) is 19.8. The van der Waals surface area contributed by atoms with E-state index < -0.39 is 6.09 Å². The molecule has 0 aromatic carbocycles. The highest BCUT2D eigenvalue weighted by atomic mass is 32.1. The van der Waals surface area contributed by atoms with Crippen molar-refractivity contribution in [2.24, 2.45) is 0 Å². The second-order valence-corrected chi connectivity index (χ2v) is 9.29. The standard InChI is InChI=1S/C21H30N8O3S/c1-27-11-6-16(7-12-27)32-21(31)25-17-5-8-22-18(24-17)29-10-3-4-15(14-29)28(2)20(30)26-19-23-9-13-33-19/h5,8-9,13,15-16H,3-4,6-7,10-12,14H2,1-2H3,(H,23,26,30)(H,22,24,25,31)/t15-/m1/s1. The van der Waals surface area contributed by atoms with E-state index >= 15 is 0 Å². The zero-order valence-electron chi connectivity index (χ0n) is 18.9. The van der Waals surface area contributed by atoms with Crippen LogP contribution in [0.4, 0.5) is 26.5 Å². The van der Waals surface area contributed by atoms with Crippen LogP contribution in [-0.2, 0) is 4.74 Å². The Morgan fingerprint density at radius 2 is 1.97 bits per heavy atom. The van der Waals surface area contributed by atoms with E-state index in [1.807, 2.05) is 10.3 Å². The van der Waals surface area contributed by atoms with Crippen molar-refractivity contribution in [3.05, 3.63) is 23.8 Å². The van der Waals surface area contributed by atoms with E-state index in [-0.39, 0.29) is 18.2 Å². The Bertz CT molecular complexity index is 935. The Morgan fingerprint density at radius 3 is 2.73 bits per heavy atom. The number of piperidine rings is 2. The maximum atomic E-state index is 12.6. The Labute approximate surface area is 197 Å². The second kappa shape index (κ2) is 10.8. The lowest BCUT2D eigenvalue weighted by molar-refractivity contribution is 0.0661. The maximum absolute atomic E-state index is 12.6. The second-order valence-electron chi connectivity index (χ2n) is 8.40. The molecule has 4 heterocycles. The van der Waals surface area contributed by atoms with Gasteiger partial charge in [-0.25, -0.2) is 19.6 Å². The number of carbonyl (C=O) groups excluding carboxylic acids is 2. The van der Waals surface area contributed by atoms with Crippen molar-refractivity contribution >= 4 is 40.4 Å². The highest BCUT2D eigenvalue weighted by molar-refractivity contribution is 7.13. The van der Waals surface area contributed by atoms with Crippen LogP contribution in [0.2, 0.25) is 0 Å². The molecule has 12 heteroatoms. The van der Waals surface area contributed by atoms with E-state index in [0.717, 1.165) is 45.3 Å². The molecule has 2 aromatic heterocycles. The monoisotopic (exact) mass is 474 g/mol. The number of nitrogens with zero attached hydrogens (tertiary/aromatic N) is 6. The van der Waals surface area contributed by atoms with Gasteiger partial charge in [0, 0.05) is 51.0 Å². The molecule has 2 aliphatic rings. The number of likely N-dealkylation sites (N-methyl/N-ethyl adjacent to an activating group) is 1. The van der Waals surface area contributed by atoms with Gasteiger partial charge in [0.25, 0.3) is 0 Å². The summed E-state index contributed by atoms with van der Waals surface area (Å²) in [5.41, 5.74) is 0. The predicted octanol–water partition coefficient (Wildman–Crippen LogP) is 2.71. The fourth-order valence-corrected chi connectivity index (χ4v) is 4.56. The van der Waals surface area contributed by atoms with Gasteiger partial charge in [0.05, 0.1) is 6.04 Å². The summed E-state index contributed by atoms with van der Waals surface area (Å²) in [7, 11) is 3.85. The third-order valence-electron chi connectivity index (χ3n) is 6.01. The quantitative estimate of drug-likeness (QED) is 0.680. The third kappa shape index (κ3) is 6.29. The number of nitrogens with one attached hydrogen (secondary N) is 2. The Hall–Kier alpha value is -2.99. The molecule has 2 aromatic rings. The lowest BCUT2D eigenvalue weighted by atomic mass is 10.1. The lowest BCUT2D eigenvalue weighted by Crippen LogP contribution is -2.50. The van der Waals surface area contributed by atoms with Gasteiger partial charge in [-0.3, -0.25) is 10.6 Å². The molecular weight excluding hydrogens is 444 g/mol. The number of amides is 3. The van der Waals surface area contributed by atoms with E-state index in [1.54, 1.807) is 30.4 Å². The number of carbonyl (C=O) groups is 2. The van der Waals surface area contributed by atoms with Crippen LogP contribution in [0, 0.1) is 0 Å². The minimum absolute atomic E-state index is 0.00771. The van der Waals surface area contributed by atoms with Gasteiger partial charge in [0.2, 0.25) is 5.95 Å². The Balaban J connectivity index is 1.32. The minimum atomic E-state index is -0.496. The van der Waals surface area contributed by atoms with Gasteiger partial charge in [-0.05, 0) is 38.8 Å². The minimum Gasteiger partial charge on any atom is -0.446 e. The third-order valence-corrected chi connectivity index (χ3v) is 6.69. The van der Waals surface area contributed by atoms with Crippen molar-refractivity contribution in [1.29, 1.82) is 0 Å². The predicted molar refractivity (Wildman–Crippen MR) is 127 cm³/mol. The number of aromatic nitrogens is 3. The van der Waals surface area contributed by atoms with Gasteiger partial charge in [-0.15, -0.1) is 11.3 Å². The van der Waals surface area contributed by atoms with Crippen LogP contribution in [0.15, 0.2) is 23.8 Å². The van der Waals surface area contributed by atoms with Crippen molar-refractivity contribution in [3.63, 3.8) is 0 Å². The van der Waals surface area contributed by atoms with Crippen molar-refractivity contribution in [2.75, 3.05) is 55.8 Å². The molecule has 0 saturated carbocycles. The van der Waals surface area contributed by atoms with Crippen LogP contribution in [-0.4, -0.2) is 89.3 Å². The number of ether oxygens (including phenoxy) is 1. The smallest absolute Gasteiger partial charge is 0.413 e. The van der Waals surface area contributed by atoms with Gasteiger partial charge in [-0.2, -0.15) is 4.98 Å². The Morgan fingerprint density at radius 1 is 1.15 bits per heavy atom. The summed E-state index contributed by atoms with van der Waals surface area (Å²) < 4.78 is 5.54. The fraction of sp³-hybridized carbons (Fsp3) is 0.571. The molecule has 0 aliphatic carbocycles. The highest BCUT2D eigenvalue weighted by Gasteiger charge is 2.28. The topological polar surface area (TPSA) is 116 Å². The molecule has 1 atom stereocenters. The van der Waals surface area contributed by atoms with Gasteiger partial charge in [0.1, 0.15) is 11.9 Å². The number of hydrogen-bond donors (Lipinski definition) is 2. The molecule has 2 aliphatic heterocycles. The number of thiazole rings is 1. The Kier molecular flexibility index (Phi) is 7.55. The number of likely N-dealkylation sites (tertiary alicyclic amines) is 1. The molecule has 33 heavy (non-hydrogen) atoms. The zero-order chi connectivity index (χ0) is 23.2. The van der Waals surface area contributed by atoms with E-state index in [0.29, 0.717) is 23.4 Å². The van der Waals surface area contributed by atoms with Crippen LogP contribution in [0.5, 0.6) is 0 Å². The van der Waals surface area contributed by atoms with Crippen LogP contribution >= 0.6 is 11.3 Å². The number of urea groups is 1. The summed E-state index contributed by atoms with van der Waals surface area (Å²) in [6, 6.07) is 1.46. The van der Waals surface area contributed by atoms with E-state index in [4.69, 9.17) is 4.74 Å². The molecule has 2 N–H and O–H groups in total. The molecule has 11 nitrogen and oxygen atoms in total. The van der Waals surface area contributed by atoms with Crippen molar-refractivity contribution in [2.45, 2.75) is 37.8 Å². The van der Waals surface area contributed by atoms with E-state index in [1.165, 1.54) is 11.3 Å². The average molecular weight is 475 g/mol. The van der Waals surface area contributed by atoms with Crippen molar-refractivity contribution in [3.8, 4) is 0 Å². The summed E-state index contributed by atoms with van der Waals surface area (Å²) in [5.74, 6) is 0.917. The SMILES string of the molecule is CN1CCC(OC(=O)Nc2ccnc(N3CCC[C@@H](N(C)C(=O)Nc4nccs4)C3)n2)CC1. The number of rotatable bonds is 5. The largest absolute Gasteiger partial charge is 0.446 e. The van der Waals surface area contributed by atoms with E-state index in [2.05, 4.69) is 37.5 Å². The molecule has 2 saturated heterocycles. The van der Waals surface area contributed by atoms with Gasteiger partial charge >= 0.3 is 12.1 Å². The maximum Gasteiger partial charge on any atom is 0.413 e. The van der Waals surface area contributed by atoms with Gasteiger partial charge in [0.15, 0.2) is 5.13 Å². The first-order chi connectivity index (χ1) is 16.0.